The number of hydrogen-bond donors (Lipinski definition) is 2. The number of fused-ring (bicyclic) bond motifs is 6. The summed E-state index contributed by atoms with van der Waals surface area (Å²) in [6.07, 6.45) is 6.19. The van der Waals surface area contributed by atoms with E-state index in [1.165, 1.54) is 21.5 Å². The first kappa shape index (κ1) is 27.4. The van der Waals surface area contributed by atoms with Crippen LogP contribution in [0.3, 0.4) is 0 Å². The number of nitrogens with one attached hydrogen (secondary N) is 2. The lowest BCUT2D eigenvalue weighted by Gasteiger charge is -2.18. The van der Waals surface area contributed by atoms with Crippen molar-refractivity contribution in [3.8, 4) is 34.3 Å². The second-order valence-corrected chi connectivity index (χ2v) is 11.0. The third-order valence-electron chi connectivity index (χ3n) is 7.48. The summed E-state index contributed by atoms with van der Waals surface area (Å²) in [5, 5.41) is 3.08. The number of rotatable bonds is 10. The maximum atomic E-state index is 6.35. The minimum atomic E-state index is 0. The van der Waals surface area contributed by atoms with Gasteiger partial charge in [-0.2, -0.15) is 4.57 Å². The number of aromatic nitrogens is 2. The number of pyridine rings is 1. The summed E-state index contributed by atoms with van der Waals surface area (Å²) in [7, 11) is 1.70. The van der Waals surface area contributed by atoms with Crippen LogP contribution in [-0.4, -0.2) is 32.0 Å². The van der Waals surface area contributed by atoms with Crippen molar-refractivity contribution >= 4 is 37.5 Å². The Labute approximate surface area is 248 Å². The zero-order chi connectivity index (χ0) is 26.9. The Bertz CT molecular complexity index is 1680. The monoisotopic (exact) mass is 590 g/mol. The predicted octanol–water partition coefficient (Wildman–Crippen LogP) is 2.87. The Balaban J connectivity index is 0.00000302. The summed E-state index contributed by atoms with van der Waals surface area (Å²) >= 11 is 1.65. The number of hydrogen-bond acceptors (Lipinski definition) is 8. The lowest BCUT2D eigenvalue weighted by Crippen LogP contribution is -3.00. The number of ether oxygens (including phenoxy) is 4. The highest BCUT2D eigenvalue weighted by atomic mass is 35.5. The van der Waals surface area contributed by atoms with Gasteiger partial charge in [0.1, 0.15) is 0 Å². The summed E-state index contributed by atoms with van der Waals surface area (Å²) in [5.41, 5.74) is 11.2. The molecule has 0 saturated heterocycles. The van der Waals surface area contributed by atoms with Crippen LogP contribution < -0.4 is 46.8 Å². The molecule has 3 aromatic carbocycles. The molecule has 0 saturated carbocycles. The highest BCUT2D eigenvalue weighted by molar-refractivity contribution is 7.22. The first-order chi connectivity index (χ1) is 19.8. The van der Waals surface area contributed by atoms with Crippen molar-refractivity contribution < 1.29 is 35.9 Å². The van der Waals surface area contributed by atoms with E-state index in [1.807, 2.05) is 24.3 Å². The topological polar surface area (TPSA) is 77.8 Å². The van der Waals surface area contributed by atoms with Crippen molar-refractivity contribution in [2.75, 3.05) is 32.5 Å². The van der Waals surface area contributed by atoms with E-state index in [9.17, 15) is 0 Å². The van der Waals surface area contributed by atoms with Gasteiger partial charge in [-0.15, -0.1) is 0 Å². The van der Waals surface area contributed by atoms with Gasteiger partial charge < -0.3 is 31.4 Å². The molecule has 8 nitrogen and oxygen atoms in total. The molecule has 7 rings (SSSR count). The van der Waals surface area contributed by atoms with E-state index in [0.29, 0.717) is 6.61 Å². The fourth-order valence-corrected chi connectivity index (χ4v) is 6.28. The molecule has 41 heavy (non-hydrogen) atoms. The second-order valence-electron chi connectivity index (χ2n) is 10.0. The Morgan fingerprint density at radius 3 is 2.78 bits per heavy atom. The van der Waals surface area contributed by atoms with Crippen LogP contribution in [0, 0.1) is 0 Å². The minimum absolute atomic E-state index is 0. The van der Waals surface area contributed by atoms with E-state index < -0.39 is 0 Å². The van der Waals surface area contributed by atoms with E-state index in [4.69, 9.17) is 18.9 Å². The molecular weight excluding hydrogens is 560 g/mol. The van der Waals surface area contributed by atoms with Crippen LogP contribution in [0.15, 0.2) is 60.8 Å². The molecule has 0 radical (unpaired) electrons. The number of aryl methyl sites for hydroxylation is 2. The number of hydrazine groups is 1. The number of unbranched alkanes of at least 4 members (excludes halogenated alkanes) is 2. The van der Waals surface area contributed by atoms with Gasteiger partial charge >= 0.3 is 0 Å². The second kappa shape index (κ2) is 12.0. The van der Waals surface area contributed by atoms with Gasteiger partial charge in [-0.05, 0) is 66.6 Å². The predicted molar refractivity (Wildman–Crippen MR) is 157 cm³/mol. The first-order valence-corrected chi connectivity index (χ1v) is 14.5. The maximum Gasteiger partial charge on any atom is 0.231 e. The standard InChI is InChI=1S/C31H31N4O4S.ClH/c1-36-26-10-9-20-15-25-22-17-28-27(38-19-39-28)16-21(22)11-13-35(25)18-23(20)30(26)37-14-6-2-5-12-32-34-31-33-24-7-3-4-8-29(24)40-31;/h3-4,7-10,15-18,32H,2,5-6,11-14,19H2,1H3,(H,33,34);1H/q+1;/p-1. The average molecular weight is 591 g/mol. The van der Waals surface area contributed by atoms with E-state index in [1.54, 1.807) is 18.4 Å². The molecule has 2 aliphatic rings. The minimum Gasteiger partial charge on any atom is -1.00 e. The van der Waals surface area contributed by atoms with E-state index in [-0.39, 0.29) is 19.2 Å². The van der Waals surface area contributed by atoms with Crippen molar-refractivity contribution in [2.45, 2.75) is 32.2 Å². The van der Waals surface area contributed by atoms with Crippen LogP contribution in [-0.2, 0) is 13.0 Å². The Hall–Kier alpha value is -3.79. The van der Waals surface area contributed by atoms with Gasteiger partial charge in [-0.1, -0.05) is 23.5 Å². The Morgan fingerprint density at radius 1 is 1.02 bits per heavy atom. The van der Waals surface area contributed by atoms with Crippen LogP contribution in [0.25, 0.3) is 32.2 Å². The number of para-hydroxylation sites is 1. The van der Waals surface area contributed by atoms with Crippen LogP contribution in [0.5, 0.6) is 23.0 Å². The quantitative estimate of drug-likeness (QED) is 0.147. The molecule has 0 atom stereocenters. The fourth-order valence-electron chi connectivity index (χ4n) is 5.44. The largest absolute Gasteiger partial charge is 1.00 e. The van der Waals surface area contributed by atoms with Gasteiger partial charge in [0, 0.05) is 19.0 Å². The summed E-state index contributed by atoms with van der Waals surface area (Å²) in [5.74, 6) is 3.22. The molecule has 10 heteroatoms. The normalized spacial score (nSPS) is 13.0. The third-order valence-corrected chi connectivity index (χ3v) is 8.43. The van der Waals surface area contributed by atoms with Gasteiger partial charge in [0.05, 0.1) is 34.9 Å². The van der Waals surface area contributed by atoms with Gasteiger partial charge in [-0.25, -0.2) is 10.4 Å². The number of nitrogens with zero attached hydrogens (tertiary/aromatic N) is 2. The molecule has 0 unspecified atom stereocenters. The molecule has 2 aliphatic heterocycles. The van der Waals surface area contributed by atoms with E-state index in [0.717, 1.165) is 83.2 Å². The molecule has 0 fully saturated rings. The van der Waals surface area contributed by atoms with Gasteiger partial charge in [0.25, 0.3) is 0 Å². The summed E-state index contributed by atoms with van der Waals surface area (Å²) in [4.78, 5) is 4.59. The zero-order valence-corrected chi connectivity index (χ0v) is 24.3. The molecule has 4 heterocycles. The molecule has 0 bridgehead atoms. The van der Waals surface area contributed by atoms with Gasteiger partial charge in [0.2, 0.25) is 12.5 Å². The molecule has 0 amide bonds. The smallest absolute Gasteiger partial charge is 0.231 e. The molecule has 2 aromatic heterocycles. The van der Waals surface area contributed by atoms with Crippen LogP contribution in [0.2, 0.25) is 0 Å². The SMILES string of the molecule is COc1ccc2cc3[n+](cc2c1OCCCCCNNc1nc2ccccc2s1)CCc1cc2c(cc1-3)OCO2.[Cl-]. The van der Waals surface area contributed by atoms with Crippen LogP contribution >= 0.6 is 11.3 Å². The average Bonchev–Trinajstić information content (AvgIpc) is 3.62. The maximum absolute atomic E-state index is 6.35. The molecule has 0 spiro atoms. The van der Waals surface area contributed by atoms with Crippen molar-refractivity contribution in [1.82, 2.24) is 10.4 Å². The van der Waals surface area contributed by atoms with Gasteiger partial charge in [0.15, 0.2) is 40.9 Å². The molecule has 212 valence electrons. The van der Waals surface area contributed by atoms with Crippen molar-refractivity contribution in [1.29, 1.82) is 0 Å². The van der Waals surface area contributed by atoms with Gasteiger partial charge in [-0.3, -0.25) is 5.43 Å². The highest BCUT2D eigenvalue weighted by Crippen LogP contribution is 2.41. The summed E-state index contributed by atoms with van der Waals surface area (Å²) in [6.45, 7) is 2.67. The van der Waals surface area contributed by atoms with Crippen LogP contribution in [0.1, 0.15) is 24.8 Å². The number of halogens is 1. The molecule has 5 aromatic rings. The van der Waals surface area contributed by atoms with Crippen molar-refractivity contribution in [3.63, 3.8) is 0 Å². The lowest BCUT2D eigenvalue weighted by atomic mass is 9.95. The first-order valence-electron chi connectivity index (χ1n) is 13.7. The summed E-state index contributed by atoms with van der Waals surface area (Å²) in [6, 6.07) is 18.7. The zero-order valence-electron chi connectivity index (χ0n) is 22.7. The van der Waals surface area contributed by atoms with Crippen molar-refractivity contribution in [3.05, 3.63) is 66.4 Å². The lowest BCUT2D eigenvalue weighted by molar-refractivity contribution is -0.686. The summed E-state index contributed by atoms with van der Waals surface area (Å²) < 4.78 is 26.8. The number of anilines is 1. The highest BCUT2D eigenvalue weighted by Gasteiger charge is 2.28. The molecule has 0 aliphatic carbocycles. The van der Waals surface area contributed by atoms with E-state index in [2.05, 4.69) is 56.9 Å². The molecular formula is C31H31ClN4O4S. The molecule has 2 N–H and O–H groups in total. The number of thiazole rings is 1. The van der Waals surface area contributed by atoms with E-state index >= 15 is 0 Å². The van der Waals surface area contributed by atoms with Crippen LogP contribution in [0.4, 0.5) is 5.13 Å². The number of methoxy groups -OCH3 is 1. The van der Waals surface area contributed by atoms with Crippen molar-refractivity contribution in [2.24, 2.45) is 0 Å². The third kappa shape index (κ3) is 5.45. The Morgan fingerprint density at radius 2 is 1.90 bits per heavy atom. The Kier molecular flexibility index (Phi) is 8.00. The number of benzene rings is 3. The fraction of sp³-hybridized carbons (Fsp3) is 0.290.